The van der Waals surface area contributed by atoms with E-state index in [1.165, 1.54) is 0 Å². The summed E-state index contributed by atoms with van der Waals surface area (Å²) in [5, 5.41) is 12.1. The molecule has 4 aromatic rings. The summed E-state index contributed by atoms with van der Waals surface area (Å²) in [7, 11) is 1.88. The van der Waals surface area contributed by atoms with Gasteiger partial charge in [0.2, 0.25) is 0 Å². The highest BCUT2D eigenvalue weighted by molar-refractivity contribution is 6.06. The highest BCUT2D eigenvalue weighted by atomic mass is 16.6. The van der Waals surface area contributed by atoms with Crippen molar-refractivity contribution in [3.05, 3.63) is 30.1 Å². The van der Waals surface area contributed by atoms with Gasteiger partial charge in [0.1, 0.15) is 11.5 Å². The summed E-state index contributed by atoms with van der Waals surface area (Å²) in [6.45, 7) is 9.32. The first-order valence-corrected chi connectivity index (χ1v) is 12.1. The van der Waals surface area contributed by atoms with Gasteiger partial charge in [-0.05, 0) is 64.7 Å². The maximum atomic E-state index is 12.2. The molecule has 1 fully saturated rings. The maximum absolute atomic E-state index is 12.2. The molecular weight excluding hydrogens is 446 g/mol. The molecule has 1 aliphatic heterocycles. The van der Waals surface area contributed by atoms with Crippen LogP contribution < -0.4 is 5.32 Å². The number of nitrogens with one attached hydrogen (secondary N) is 1. The molecule has 0 aromatic carbocycles. The van der Waals surface area contributed by atoms with E-state index in [0.717, 1.165) is 65.1 Å². The number of carbonyl (C=O) groups excluding carboxylic acids is 1. The Bertz CT molecular complexity index is 1370. The highest BCUT2D eigenvalue weighted by Crippen LogP contribution is 2.37. The lowest BCUT2D eigenvalue weighted by Crippen LogP contribution is -2.24. The normalized spacial score (nSPS) is 15.7. The summed E-state index contributed by atoms with van der Waals surface area (Å²) < 4.78 is 14.9. The fourth-order valence-electron chi connectivity index (χ4n) is 5.00. The zero-order chi connectivity index (χ0) is 24.7. The van der Waals surface area contributed by atoms with Crippen molar-refractivity contribution in [2.75, 3.05) is 18.5 Å². The van der Waals surface area contributed by atoms with Crippen molar-refractivity contribution in [2.45, 2.75) is 52.7 Å². The molecule has 10 heteroatoms. The van der Waals surface area contributed by atoms with E-state index in [1.54, 1.807) is 10.7 Å². The number of amides is 1. The number of pyridine rings is 2. The van der Waals surface area contributed by atoms with Crippen LogP contribution >= 0.6 is 0 Å². The molecule has 0 unspecified atom stereocenters. The number of ether oxygens (including phenoxy) is 2. The minimum absolute atomic E-state index is 0.159. The van der Waals surface area contributed by atoms with Gasteiger partial charge in [-0.3, -0.25) is 10.3 Å². The number of aromatic nitrogens is 6. The second-order valence-corrected chi connectivity index (χ2v) is 9.45. The number of nitrogens with zero attached hydrogens (tertiary/aromatic N) is 6. The van der Waals surface area contributed by atoms with Gasteiger partial charge in [0, 0.05) is 43.4 Å². The standard InChI is InChI=1S/C25H31N7O3/c1-14(2)35-25(33)28-21-7-6-19-22-20(12-18(13-26-22)23-15(3)29-30-31(23)5)32(24(19)27-21)16(4)17-8-10-34-11-9-17/h6-7,12-14,16-17H,8-11H2,1-5H3,(H,27,28,33)/t16-/m1/s1. The van der Waals surface area contributed by atoms with E-state index in [2.05, 4.69) is 33.2 Å². The first kappa shape index (κ1) is 23.2. The number of fused-ring (bicyclic) bond motifs is 3. The van der Waals surface area contributed by atoms with Crippen LogP contribution in [0.15, 0.2) is 24.4 Å². The van der Waals surface area contributed by atoms with Crippen LogP contribution in [-0.2, 0) is 16.5 Å². The van der Waals surface area contributed by atoms with Gasteiger partial charge >= 0.3 is 6.09 Å². The summed E-state index contributed by atoms with van der Waals surface area (Å²) >= 11 is 0. The molecule has 0 aliphatic carbocycles. The molecule has 1 atom stereocenters. The molecule has 35 heavy (non-hydrogen) atoms. The van der Waals surface area contributed by atoms with Gasteiger partial charge in [-0.15, -0.1) is 5.10 Å². The largest absolute Gasteiger partial charge is 0.447 e. The van der Waals surface area contributed by atoms with Crippen molar-refractivity contribution >= 4 is 34.0 Å². The molecule has 0 radical (unpaired) electrons. The van der Waals surface area contributed by atoms with Gasteiger partial charge in [0.15, 0.2) is 0 Å². The minimum Gasteiger partial charge on any atom is -0.447 e. The van der Waals surface area contributed by atoms with Gasteiger partial charge in [-0.1, -0.05) is 5.21 Å². The third-order valence-corrected chi connectivity index (χ3v) is 6.68. The number of hydrogen-bond donors (Lipinski definition) is 1. The van der Waals surface area contributed by atoms with E-state index in [0.29, 0.717) is 11.7 Å². The third kappa shape index (κ3) is 4.34. The average molecular weight is 478 g/mol. The van der Waals surface area contributed by atoms with Crippen molar-refractivity contribution in [3.63, 3.8) is 0 Å². The second-order valence-electron chi connectivity index (χ2n) is 9.45. The van der Waals surface area contributed by atoms with Crippen LogP contribution in [0.4, 0.5) is 10.6 Å². The zero-order valence-corrected chi connectivity index (χ0v) is 20.8. The first-order chi connectivity index (χ1) is 16.8. The van der Waals surface area contributed by atoms with Crippen LogP contribution in [0, 0.1) is 12.8 Å². The molecule has 0 bridgehead atoms. The van der Waals surface area contributed by atoms with Gasteiger partial charge in [-0.25, -0.2) is 14.5 Å². The topological polar surface area (TPSA) is 109 Å². The summed E-state index contributed by atoms with van der Waals surface area (Å²) in [6, 6.07) is 6.06. The maximum Gasteiger partial charge on any atom is 0.413 e. The molecule has 184 valence electrons. The predicted octanol–water partition coefficient (Wildman–Crippen LogP) is 4.63. The van der Waals surface area contributed by atoms with Gasteiger partial charge in [-0.2, -0.15) is 0 Å². The Balaban J connectivity index is 1.67. The monoisotopic (exact) mass is 477 g/mol. The fourth-order valence-corrected chi connectivity index (χ4v) is 5.00. The second kappa shape index (κ2) is 9.26. The first-order valence-electron chi connectivity index (χ1n) is 12.1. The Kier molecular flexibility index (Phi) is 6.14. The van der Waals surface area contributed by atoms with Crippen molar-refractivity contribution < 1.29 is 14.3 Å². The Morgan fingerprint density at radius 3 is 2.69 bits per heavy atom. The Morgan fingerprint density at radius 1 is 1.23 bits per heavy atom. The molecule has 10 nitrogen and oxygen atoms in total. The van der Waals surface area contributed by atoms with Crippen molar-refractivity contribution in [3.8, 4) is 11.3 Å². The summed E-state index contributed by atoms with van der Waals surface area (Å²) in [4.78, 5) is 21.9. The SMILES string of the molecule is Cc1nnn(C)c1-c1cnc2c3ccc(NC(=O)OC(C)C)nc3n([C@H](C)C3CCOCC3)c2c1. The molecule has 0 saturated carbocycles. The quantitative estimate of drug-likeness (QED) is 0.446. The molecular formula is C25H31N7O3. The van der Waals surface area contributed by atoms with E-state index in [9.17, 15) is 4.79 Å². The average Bonchev–Trinajstić information content (AvgIpc) is 3.33. The molecule has 1 N–H and O–H groups in total. The van der Waals surface area contributed by atoms with Crippen LogP contribution in [0.3, 0.4) is 0 Å². The van der Waals surface area contributed by atoms with Crippen LogP contribution in [0.2, 0.25) is 0 Å². The Hall–Kier alpha value is -3.53. The molecule has 0 spiro atoms. The predicted molar refractivity (Wildman–Crippen MR) is 133 cm³/mol. The van der Waals surface area contributed by atoms with E-state index in [1.807, 2.05) is 40.1 Å². The van der Waals surface area contributed by atoms with E-state index >= 15 is 0 Å². The van der Waals surface area contributed by atoms with Gasteiger partial charge in [0.25, 0.3) is 0 Å². The molecule has 1 aliphatic rings. The van der Waals surface area contributed by atoms with Crippen LogP contribution in [0.1, 0.15) is 45.3 Å². The molecule has 5 heterocycles. The lowest BCUT2D eigenvalue weighted by molar-refractivity contribution is 0.0524. The Morgan fingerprint density at radius 2 is 2.00 bits per heavy atom. The van der Waals surface area contributed by atoms with Crippen molar-refractivity contribution in [2.24, 2.45) is 13.0 Å². The Labute approximate surface area is 203 Å². The fraction of sp³-hybridized carbons (Fsp3) is 0.480. The van der Waals surface area contributed by atoms with Crippen LogP contribution in [-0.4, -0.2) is 54.9 Å². The summed E-state index contributed by atoms with van der Waals surface area (Å²) in [5.41, 5.74) is 5.38. The van der Waals surface area contributed by atoms with Crippen molar-refractivity contribution in [1.29, 1.82) is 0 Å². The van der Waals surface area contributed by atoms with E-state index in [-0.39, 0.29) is 12.1 Å². The van der Waals surface area contributed by atoms with Crippen LogP contribution in [0.5, 0.6) is 0 Å². The third-order valence-electron chi connectivity index (χ3n) is 6.68. The minimum atomic E-state index is -0.522. The lowest BCUT2D eigenvalue weighted by Gasteiger charge is -2.29. The van der Waals surface area contributed by atoms with Gasteiger partial charge in [0.05, 0.1) is 28.5 Å². The van der Waals surface area contributed by atoms with Gasteiger partial charge < -0.3 is 14.0 Å². The van der Waals surface area contributed by atoms with E-state index in [4.69, 9.17) is 19.4 Å². The van der Waals surface area contributed by atoms with Crippen molar-refractivity contribution in [1.82, 2.24) is 29.5 Å². The highest BCUT2D eigenvalue weighted by Gasteiger charge is 2.27. The molecule has 1 amide bonds. The summed E-state index contributed by atoms with van der Waals surface area (Å²) in [6.07, 6.45) is 3.10. The summed E-state index contributed by atoms with van der Waals surface area (Å²) in [5.74, 6) is 0.883. The lowest BCUT2D eigenvalue weighted by atomic mass is 9.92. The number of aryl methyl sites for hydroxylation is 2. The molecule has 1 saturated heterocycles. The van der Waals surface area contributed by atoms with E-state index < -0.39 is 6.09 Å². The number of hydrogen-bond acceptors (Lipinski definition) is 7. The number of carbonyl (C=O) groups is 1. The van der Waals surface area contributed by atoms with Crippen LogP contribution in [0.25, 0.3) is 33.3 Å². The molecule has 4 aromatic heterocycles. The number of anilines is 1. The smallest absolute Gasteiger partial charge is 0.413 e. The zero-order valence-electron chi connectivity index (χ0n) is 20.8. The number of rotatable bonds is 5. The molecule has 5 rings (SSSR count).